The molecule has 0 heterocycles. The third-order valence-electron chi connectivity index (χ3n) is 5.99. The number of phenolic OH excluding ortho intramolecular Hbond substituents is 4. The van der Waals surface area contributed by atoms with Crippen LogP contribution in [0.3, 0.4) is 0 Å². The molecule has 0 radical (unpaired) electrons. The van der Waals surface area contributed by atoms with Gasteiger partial charge in [0.05, 0.1) is 0 Å². The number of phenols is 4. The van der Waals surface area contributed by atoms with Crippen molar-refractivity contribution in [3.63, 3.8) is 0 Å². The van der Waals surface area contributed by atoms with Gasteiger partial charge in [-0.25, -0.2) is 0 Å². The first kappa shape index (κ1) is 23.9. The number of benzene rings is 2. The normalized spacial score (nSPS) is 11.3. The van der Waals surface area contributed by atoms with Gasteiger partial charge in [0.2, 0.25) is 0 Å². The Kier molecular flexibility index (Phi) is 9.35. The van der Waals surface area contributed by atoms with Crippen molar-refractivity contribution in [1.82, 2.24) is 0 Å². The summed E-state index contributed by atoms with van der Waals surface area (Å²) in [6, 6.07) is 6.53. The Morgan fingerprint density at radius 2 is 0.967 bits per heavy atom. The minimum absolute atomic E-state index is 0.0225. The molecule has 0 saturated carbocycles. The largest absolute Gasteiger partial charge is 0.508 e. The Hall–Kier alpha value is -2.36. The van der Waals surface area contributed by atoms with E-state index in [1.807, 2.05) is 19.1 Å². The van der Waals surface area contributed by atoms with Crippen molar-refractivity contribution in [2.45, 2.75) is 90.9 Å². The molecular weight excluding hydrogens is 376 g/mol. The predicted octanol–water partition coefficient (Wildman–Crippen LogP) is 6.91. The van der Waals surface area contributed by atoms with Gasteiger partial charge in [-0.15, -0.1) is 0 Å². The summed E-state index contributed by atoms with van der Waals surface area (Å²) >= 11 is 0. The molecule has 2 aromatic carbocycles. The molecule has 0 saturated heterocycles. The van der Waals surface area contributed by atoms with E-state index < -0.39 is 0 Å². The Morgan fingerprint density at radius 1 is 0.567 bits per heavy atom. The average Bonchev–Trinajstić information content (AvgIpc) is 2.70. The summed E-state index contributed by atoms with van der Waals surface area (Å²) in [4.78, 5) is 0. The Labute approximate surface area is 181 Å². The molecule has 4 nitrogen and oxygen atoms in total. The van der Waals surface area contributed by atoms with Gasteiger partial charge < -0.3 is 20.4 Å². The van der Waals surface area contributed by atoms with Gasteiger partial charge in [-0.1, -0.05) is 59.3 Å². The third-order valence-corrected chi connectivity index (χ3v) is 5.99. The van der Waals surface area contributed by atoms with Crippen LogP contribution in [0, 0.1) is 0 Å². The zero-order valence-electron chi connectivity index (χ0n) is 18.7. The molecular formula is C26H38O4. The van der Waals surface area contributed by atoms with Crippen LogP contribution in [0.5, 0.6) is 23.0 Å². The second-order valence-electron chi connectivity index (χ2n) is 8.42. The molecule has 0 spiro atoms. The quantitative estimate of drug-likeness (QED) is 0.285. The fraction of sp³-hybridized carbons (Fsp3) is 0.538. The van der Waals surface area contributed by atoms with Crippen LogP contribution in [0.15, 0.2) is 24.3 Å². The van der Waals surface area contributed by atoms with Gasteiger partial charge >= 0.3 is 0 Å². The molecule has 2 rings (SSSR count). The Balaban J connectivity index is 2.27. The summed E-state index contributed by atoms with van der Waals surface area (Å²) in [5, 5.41) is 41.5. The lowest BCUT2D eigenvalue weighted by Crippen LogP contribution is -2.01. The molecule has 0 amide bonds. The van der Waals surface area contributed by atoms with E-state index in [-0.39, 0.29) is 28.9 Å². The highest BCUT2D eigenvalue weighted by molar-refractivity contribution is 5.54. The van der Waals surface area contributed by atoms with Crippen LogP contribution in [0.1, 0.15) is 100 Å². The lowest BCUT2D eigenvalue weighted by atomic mass is 9.88. The first-order valence-electron chi connectivity index (χ1n) is 11.5. The molecule has 0 bridgehead atoms. The van der Waals surface area contributed by atoms with Crippen LogP contribution in [0.25, 0.3) is 0 Å². The number of rotatable bonds is 12. The van der Waals surface area contributed by atoms with Crippen LogP contribution in [-0.2, 0) is 12.8 Å². The zero-order valence-corrected chi connectivity index (χ0v) is 18.7. The fourth-order valence-corrected chi connectivity index (χ4v) is 4.03. The monoisotopic (exact) mass is 414 g/mol. The molecule has 30 heavy (non-hydrogen) atoms. The SMILES string of the molecule is CCCCCCc1cc(C(C)c2cc(CCCCCC)c(O)cc2O)c(O)cc1O. The van der Waals surface area contributed by atoms with Crippen molar-refractivity contribution in [1.29, 1.82) is 0 Å². The highest BCUT2D eigenvalue weighted by Crippen LogP contribution is 2.41. The van der Waals surface area contributed by atoms with Crippen LogP contribution in [-0.4, -0.2) is 20.4 Å². The standard InChI is InChI=1S/C26H38O4/c1-4-6-8-10-12-19-14-21(25(29)16-23(19)27)18(3)22-15-20(13-11-9-7-5-2)24(28)17-26(22)30/h14-18,27-30H,4-13H2,1-3H3. The maximum absolute atomic E-state index is 10.5. The molecule has 4 N–H and O–H groups in total. The summed E-state index contributed by atoms with van der Waals surface area (Å²) in [5.41, 5.74) is 3.00. The van der Waals surface area contributed by atoms with Gasteiger partial charge in [-0.05, 0) is 48.9 Å². The van der Waals surface area contributed by atoms with Crippen LogP contribution < -0.4 is 0 Å². The van der Waals surface area contributed by atoms with E-state index in [1.54, 1.807) is 0 Å². The lowest BCUT2D eigenvalue weighted by molar-refractivity contribution is 0.433. The topological polar surface area (TPSA) is 80.9 Å². The minimum atomic E-state index is -0.269. The molecule has 0 aromatic heterocycles. The summed E-state index contributed by atoms with van der Waals surface area (Å²) in [6.45, 7) is 6.26. The lowest BCUT2D eigenvalue weighted by Gasteiger charge is -2.19. The minimum Gasteiger partial charge on any atom is -0.508 e. The number of hydrogen-bond acceptors (Lipinski definition) is 4. The smallest absolute Gasteiger partial charge is 0.123 e. The van der Waals surface area contributed by atoms with E-state index in [9.17, 15) is 20.4 Å². The van der Waals surface area contributed by atoms with Gasteiger partial charge in [0, 0.05) is 29.2 Å². The first-order chi connectivity index (χ1) is 14.4. The number of aromatic hydroxyl groups is 4. The maximum Gasteiger partial charge on any atom is 0.123 e. The highest BCUT2D eigenvalue weighted by atomic mass is 16.3. The third kappa shape index (κ3) is 6.32. The summed E-state index contributed by atoms with van der Waals surface area (Å²) in [6.07, 6.45) is 10.4. The average molecular weight is 415 g/mol. The van der Waals surface area contributed by atoms with Crippen molar-refractivity contribution in [2.75, 3.05) is 0 Å². The van der Waals surface area contributed by atoms with Crippen molar-refractivity contribution in [3.05, 3.63) is 46.5 Å². The molecule has 4 heteroatoms. The number of unbranched alkanes of at least 4 members (excludes halogenated alkanes) is 6. The molecule has 2 aromatic rings. The maximum atomic E-state index is 10.5. The molecule has 0 aliphatic heterocycles. The Bertz CT molecular complexity index is 746. The van der Waals surface area contributed by atoms with Gasteiger partial charge in [-0.3, -0.25) is 0 Å². The van der Waals surface area contributed by atoms with Crippen LogP contribution >= 0.6 is 0 Å². The predicted molar refractivity (Wildman–Crippen MR) is 123 cm³/mol. The zero-order chi connectivity index (χ0) is 22.1. The van der Waals surface area contributed by atoms with Gasteiger partial charge in [0.25, 0.3) is 0 Å². The second kappa shape index (κ2) is 11.7. The Morgan fingerprint density at radius 3 is 1.33 bits per heavy atom. The van der Waals surface area contributed by atoms with Crippen molar-refractivity contribution < 1.29 is 20.4 Å². The van der Waals surface area contributed by atoms with Crippen molar-refractivity contribution >= 4 is 0 Å². The summed E-state index contributed by atoms with van der Waals surface area (Å²) in [7, 11) is 0. The van der Waals surface area contributed by atoms with E-state index in [0.29, 0.717) is 11.1 Å². The van der Waals surface area contributed by atoms with E-state index >= 15 is 0 Å². The highest BCUT2D eigenvalue weighted by Gasteiger charge is 2.20. The van der Waals surface area contributed by atoms with Gasteiger partial charge in [-0.2, -0.15) is 0 Å². The van der Waals surface area contributed by atoms with E-state index in [1.165, 1.54) is 25.0 Å². The first-order valence-corrected chi connectivity index (χ1v) is 11.5. The van der Waals surface area contributed by atoms with E-state index in [4.69, 9.17) is 0 Å². The number of hydrogen-bond donors (Lipinski definition) is 4. The van der Waals surface area contributed by atoms with Crippen molar-refractivity contribution in [2.24, 2.45) is 0 Å². The van der Waals surface area contributed by atoms with Crippen molar-refractivity contribution in [3.8, 4) is 23.0 Å². The molecule has 0 fully saturated rings. The van der Waals surface area contributed by atoms with Gasteiger partial charge in [0.1, 0.15) is 23.0 Å². The summed E-state index contributed by atoms with van der Waals surface area (Å²) in [5.74, 6) is 0.0107. The second-order valence-corrected chi connectivity index (χ2v) is 8.42. The van der Waals surface area contributed by atoms with Crippen LogP contribution in [0.4, 0.5) is 0 Å². The molecule has 166 valence electrons. The molecule has 0 aliphatic rings. The van der Waals surface area contributed by atoms with Gasteiger partial charge in [0.15, 0.2) is 0 Å². The molecule has 0 atom stereocenters. The molecule has 0 unspecified atom stereocenters. The summed E-state index contributed by atoms with van der Waals surface area (Å²) < 4.78 is 0. The van der Waals surface area contributed by atoms with E-state index in [0.717, 1.165) is 62.5 Å². The van der Waals surface area contributed by atoms with E-state index in [2.05, 4.69) is 13.8 Å². The molecule has 0 aliphatic carbocycles. The van der Waals surface area contributed by atoms with Crippen LogP contribution in [0.2, 0.25) is 0 Å². The fourth-order valence-electron chi connectivity index (χ4n) is 4.03. The number of aryl methyl sites for hydroxylation is 2.